The Kier molecular flexibility index (Phi) is 6.60. The van der Waals surface area contributed by atoms with Crippen LogP contribution in [0.25, 0.3) is 0 Å². The van der Waals surface area contributed by atoms with Gasteiger partial charge in [-0.1, -0.05) is 36.4 Å². The van der Waals surface area contributed by atoms with E-state index in [9.17, 15) is 9.90 Å². The number of benzene rings is 2. The van der Waals surface area contributed by atoms with Crippen LogP contribution in [-0.4, -0.2) is 25.2 Å². The van der Waals surface area contributed by atoms with Crippen molar-refractivity contribution in [2.75, 3.05) is 14.2 Å². The first kappa shape index (κ1) is 17.8. The number of aliphatic hydroxyl groups is 1. The number of amides is 1. The molecule has 2 N–H and O–H groups in total. The van der Waals surface area contributed by atoms with E-state index < -0.39 is 0 Å². The van der Waals surface area contributed by atoms with E-state index in [0.29, 0.717) is 22.6 Å². The van der Waals surface area contributed by atoms with Gasteiger partial charge in [0.1, 0.15) is 0 Å². The molecular weight excluding hydrogens is 310 g/mol. The Labute approximate surface area is 140 Å². The maximum Gasteiger partial charge on any atom is 0.247 e. The molecule has 0 saturated carbocycles. The SMILES string of the molecule is COc1ccc(CC(=O)NOCc2ccccc2)c(CO)c1OC. The van der Waals surface area contributed by atoms with Gasteiger partial charge in [0.05, 0.1) is 33.9 Å². The highest BCUT2D eigenvalue weighted by molar-refractivity contribution is 5.78. The lowest BCUT2D eigenvalue weighted by Crippen LogP contribution is -2.25. The van der Waals surface area contributed by atoms with Gasteiger partial charge in [0.2, 0.25) is 5.91 Å². The van der Waals surface area contributed by atoms with E-state index in [1.54, 1.807) is 12.1 Å². The minimum atomic E-state index is -0.312. The van der Waals surface area contributed by atoms with E-state index in [1.807, 2.05) is 30.3 Å². The molecular formula is C18H21NO5. The number of ether oxygens (including phenoxy) is 2. The predicted octanol–water partition coefficient (Wildman–Crippen LogP) is 1.99. The number of aliphatic hydroxyl groups excluding tert-OH is 1. The third-order valence-corrected chi connectivity index (χ3v) is 3.52. The molecule has 0 bridgehead atoms. The van der Waals surface area contributed by atoms with Crippen molar-refractivity contribution in [3.8, 4) is 11.5 Å². The summed E-state index contributed by atoms with van der Waals surface area (Å²) in [7, 11) is 3.01. The lowest BCUT2D eigenvalue weighted by atomic mass is 10.0. The van der Waals surface area contributed by atoms with Crippen LogP contribution in [0.2, 0.25) is 0 Å². The third-order valence-electron chi connectivity index (χ3n) is 3.52. The second-order valence-electron chi connectivity index (χ2n) is 5.07. The van der Waals surface area contributed by atoms with Crippen molar-refractivity contribution in [2.45, 2.75) is 19.6 Å². The van der Waals surface area contributed by atoms with E-state index >= 15 is 0 Å². The van der Waals surface area contributed by atoms with E-state index in [0.717, 1.165) is 5.56 Å². The standard InChI is InChI=1S/C18H21NO5/c1-22-16-9-8-14(15(11-20)18(16)23-2)10-17(21)19-24-12-13-6-4-3-5-7-13/h3-9,20H,10-12H2,1-2H3,(H,19,21). The number of hydrogen-bond donors (Lipinski definition) is 2. The Hall–Kier alpha value is -2.57. The molecule has 0 saturated heterocycles. The number of methoxy groups -OCH3 is 2. The van der Waals surface area contributed by atoms with Gasteiger partial charge in [0.25, 0.3) is 0 Å². The molecule has 2 aromatic carbocycles. The number of hydroxylamine groups is 1. The summed E-state index contributed by atoms with van der Waals surface area (Å²) in [6.07, 6.45) is 0.0606. The Balaban J connectivity index is 1.98. The van der Waals surface area contributed by atoms with Gasteiger partial charge >= 0.3 is 0 Å². The molecule has 1 amide bonds. The molecule has 0 atom stereocenters. The van der Waals surface area contributed by atoms with Crippen LogP contribution in [-0.2, 0) is 29.3 Å². The number of carbonyl (C=O) groups is 1. The molecule has 6 heteroatoms. The van der Waals surface area contributed by atoms with E-state index in [1.165, 1.54) is 14.2 Å². The lowest BCUT2D eigenvalue weighted by molar-refractivity contribution is -0.133. The Morgan fingerprint density at radius 2 is 1.83 bits per heavy atom. The molecule has 0 fully saturated rings. The maximum atomic E-state index is 12.0. The summed E-state index contributed by atoms with van der Waals surface area (Å²) in [4.78, 5) is 17.2. The highest BCUT2D eigenvalue weighted by atomic mass is 16.6. The quantitative estimate of drug-likeness (QED) is 0.724. The Morgan fingerprint density at radius 1 is 1.08 bits per heavy atom. The van der Waals surface area contributed by atoms with Gasteiger partial charge in [-0.15, -0.1) is 0 Å². The van der Waals surface area contributed by atoms with Gasteiger partial charge in [0, 0.05) is 5.56 Å². The zero-order valence-corrected chi connectivity index (χ0v) is 13.7. The van der Waals surface area contributed by atoms with E-state index in [2.05, 4.69) is 5.48 Å². The Bertz CT molecular complexity index is 673. The normalized spacial score (nSPS) is 10.3. The fourth-order valence-corrected chi connectivity index (χ4v) is 2.35. The van der Waals surface area contributed by atoms with Crippen LogP contribution in [0, 0.1) is 0 Å². The Morgan fingerprint density at radius 3 is 2.46 bits per heavy atom. The first-order valence-corrected chi connectivity index (χ1v) is 7.47. The fraction of sp³-hybridized carbons (Fsp3) is 0.278. The summed E-state index contributed by atoms with van der Waals surface area (Å²) in [6, 6.07) is 13.0. The van der Waals surface area contributed by atoms with Gasteiger partial charge in [-0.05, 0) is 17.2 Å². The van der Waals surface area contributed by atoms with Crippen molar-refractivity contribution in [1.82, 2.24) is 5.48 Å². The topological polar surface area (TPSA) is 77.0 Å². The number of rotatable bonds is 8. The minimum absolute atomic E-state index is 0.0606. The first-order chi connectivity index (χ1) is 11.7. The zero-order chi connectivity index (χ0) is 17.4. The monoisotopic (exact) mass is 331 g/mol. The summed E-state index contributed by atoms with van der Waals surface area (Å²) in [5.74, 6) is 0.620. The van der Waals surface area contributed by atoms with Crippen LogP contribution in [0.5, 0.6) is 11.5 Å². The molecule has 128 valence electrons. The second kappa shape index (κ2) is 8.90. The average Bonchev–Trinajstić information content (AvgIpc) is 2.62. The van der Waals surface area contributed by atoms with Gasteiger partial charge in [0.15, 0.2) is 11.5 Å². The zero-order valence-electron chi connectivity index (χ0n) is 13.7. The minimum Gasteiger partial charge on any atom is -0.493 e. The number of carbonyl (C=O) groups excluding carboxylic acids is 1. The van der Waals surface area contributed by atoms with Crippen molar-refractivity contribution >= 4 is 5.91 Å². The van der Waals surface area contributed by atoms with Crippen LogP contribution >= 0.6 is 0 Å². The van der Waals surface area contributed by atoms with E-state index in [4.69, 9.17) is 14.3 Å². The molecule has 24 heavy (non-hydrogen) atoms. The predicted molar refractivity (Wildman–Crippen MR) is 88.5 cm³/mol. The molecule has 0 spiro atoms. The highest BCUT2D eigenvalue weighted by Crippen LogP contribution is 2.33. The average molecular weight is 331 g/mol. The van der Waals surface area contributed by atoms with E-state index in [-0.39, 0.29) is 25.5 Å². The summed E-state index contributed by atoms with van der Waals surface area (Å²) < 4.78 is 10.5. The smallest absolute Gasteiger partial charge is 0.247 e. The molecule has 0 aliphatic heterocycles. The van der Waals surface area contributed by atoms with Crippen molar-refractivity contribution in [2.24, 2.45) is 0 Å². The summed E-state index contributed by atoms with van der Waals surface area (Å²) in [5.41, 5.74) is 4.53. The number of hydrogen-bond acceptors (Lipinski definition) is 5. The van der Waals surface area contributed by atoms with Gasteiger partial charge < -0.3 is 14.6 Å². The van der Waals surface area contributed by atoms with Crippen molar-refractivity contribution < 1.29 is 24.2 Å². The van der Waals surface area contributed by atoms with Crippen LogP contribution in [0.4, 0.5) is 0 Å². The van der Waals surface area contributed by atoms with Gasteiger partial charge in [-0.2, -0.15) is 0 Å². The molecule has 0 unspecified atom stereocenters. The second-order valence-corrected chi connectivity index (χ2v) is 5.07. The molecule has 0 aliphatic rings. The van der Waals surface area contributed by atoms with Crippen molar-refractivity contribution in [3.63, 3.8) is 0 Å². The number of nitrogens with one attached hydrogen (secondary N) is 1. The third kappa shape index (κ3) is 4.47. The molecule has 0 aliphatic carbocycles. The molecule has 0 heterocycles. The van der Waals surface area contributed by atoms with Crippen LogP contribution in [0.3, 0.4) is 0 Å². The van der Waals surface area contributed by atoms with Gasteiger partial charge in [-0.25, -0.2) is 5.48 Å². The maximum absolute atomic E-state index is 12.0. The molecule has 0 radical (unpaired) electrons. The summed E-state index contributed by atoms with van der Waals surface area (Å²) in [5, 5.41) is 9.59. The summed E-state index contributed by atoms with van der Waals surface area (Å²) in [6.45, 7) is 0.0270. The van der Waals surface area contributed by atoms with Crippen molar-refractivity contribution in [3.05, 3.63) is 59.2 Å². The molecule has 6 nitrogen and oxygen atoms in total. The van der Waals surface area contributed by atoms with Crippen molar-refractivity contribution in [1.29, 1.82) is 0 Å². The van der Waals surface area contributed by atoms with Crippen LogP contribution in [0.1, 0.15) is 16.7 Å². The largest absolute Gasteiger partial charge is 0.493 e. The highest BCUT2D eigenvalue weighted by Gasteiger charge is 2.16. The van der Waals surface area contributed by atoms with Crippen LogP contribution in [0.15, 0.2) is 42.5 Å². The molecule has 0 aromatic heterocycles. The van der Waals surface area contributed by atoms with Crippen LogP contribution < -0.4 is 15.0 Å². The lowest BCUT2D eigenvalue weighted by Gasteiger charge is -2.15. The first-order valence-electron chi connectivity index (χ1n) is 7.47. The fourth-order valence-electron chi connectivity index (χ4n) is 2.35. The van der Waals surface area contributed by atoms with Gasteiger partial charge in [-0.3, -0.25) is 9.63 Å². The molecule has 2 aromatic rings. The molecule has 2 rings (SSSR count). The summed E-state index contributed by atoms with van der Waals surface area (Å²) >= 11 is 0.